The Morgan fingerprint density at radius 1 is 1.26 bits per heavy atom. The molecule has 1 N–H and O–H groups in total. The number of rotatable bonds is 2. The van der Waals surface area contributed by atoms with Crippen LogP contribution in [0, 0.1) is 5.92 Å². The average molecular weight is 272 g/mol. The lowest BCUT2D eigenvalue weighted by atomic mass is 10.1. The molecule has 104 valence electrons. The lowest BCUT2D eigenvalue weighted by Gasteiger charge is -2.30. The van der Waals surface area contributed by atoms with E-state index in [9.17, 15) is 13.2 Å². The Morgan fingerprint density at radius 3 is 2.58 bits per heavy atom. The summed E-state index contributed by atoms with van der Waals surface area (Å²) in [5, 5.41) is 3.20. The van der Waals surface area contributed by atoms with E-state index >= 15 is 0 Å². The summed E-state index contributed by atoms with van der Waals surface area (Å²) in [5.41, 5.74) is -0.955. The average Bonchev–Trinajstić information content (AvgIpc) is 2.87. The first-order valence-electron chi connectivity index (χ1n) is 6.29. The monoisotopic (exact) mass is 272 g/mol. The lowest BCUT2D eigenvalue weighted by Crippen LogP contribution is -2.42. The maximum Gasteiger partial charge on any atom is 0.434 e. The van der Waals surface area contributed by atoms with Crippen molar-refractivity contribution in [3.05, 3.63) is 18.1 Å². The van der Waals surface area contributed by atoms with Gasteiger partial charge in [-0.2, -0.15) is 13.2 Å². The van der Waals surface area contributed by atoms with Crippen molar-refractivity contribution >= 4 is 5.82 Å². The van der Waals surface area contributed by atoms with Crippen molar-refractivity contribution in [3.63, 3.8) is 0 Å². The van der Waals surface area contributed by atoms with E-state index in [0.717, 1.165) is 31.8 Å². The van der Waals surface area contributed by atoms with Gasteiger partial charge in [0.15, 0.2) is 5.69 Å². The number of likely N-dealkylation sites (tertiary alicyclic amines) is 1. The summed E-state index contributed by atoms with van der Waals surface area (Å²) in [7, 11) is 2.08. The molecule has 0 spiro atoms. The molecule has 1 saturated carbocycles. The number of nitrogens with one attached hydrogen (secondary N) is 1. The highest BCUT2D eigenvalue weighted by molar-refractivity contribution is 5.34. The van der Waals surface area contributed by atoms with Crippen molar-refractivity contribution in [1.29, 1.82) is 0 Å². The van der Waals surface area contributed by atoms with E-state index in [2.05, 4.69) is 27.2 Å². The molecule has 19 heavy (non-hydrogen) atoms. The summed E-state index contributed by atoms with van der Waals surface area (Å²) in [6.45, 7) is 1.11. The summed E-state index contributed by atoms with van der Waals surface area (Å²) in [4.78, 5) is 9.51. The molecule has 7 heteroatoms. The zero-order chi connectivity index (χ0) is 13.6. The molecule has 1 aliphatic carbocycles. The fourth-order valence-corrected chi connectivity index (χ4v) is 3.19. The summed E-state index contributed by atoms with van der Waals surface area (Å²) >= 11 is 0. The zero-order valence-corrected chi connectivity index (χ0v) is 10.5. The Balaban J connectivity index is 1.68. The minimum absolute atomic E-state index is 0.259. The van der Waals surface area contributed by atoms with Crippen molar-refractivity contribution in [2.75, 3.05) is 18.9 Å². The molecule has 2 heterocycles. The molecule has 1 aromatic rings. The van der Waals surface area contributed by atoms with Crippen LogP contribution < -0.4 is 5.32 Å². The number of alkyl halides is 3. The van der Waals surface area contributed by atoms with Gasteiger partial charge in [0.2, 0.25) is 0 Å². The van der Waals surface area contributed by atoms with Gasteiger partial charge >= 0.3 is 6.18 Å². The Labute approximate surface area is 109 Å². The number of likely N-dealkylation sites (N-methyl/N-ethyl adjacent to an activating group) is 1. The quantitative estimate of drug-likeness (QED) is 0.894. The number of nitrogens with zero attached hydrogens (tertiary/aromatic N) is 3. The molecule has 2 fully saturated rings. The predicted molar refractivity (Wildman–Crippen MR) is 63.6 cm³/mol. The first-order chi connectivity index (χ1) is 8.93. The second-order valence-corrected chi connectivity index (χ2v) is 5.38. The van der Waals surface area contributed by atoms with Crippen LogP contribution in [0.2, 0.25) is 0 Å². The van der Waals surface area contributed by atoms with Gasteiger partial charge in [0.25, 0.3) is 0 Å². The molecule has 3 atom stereocenters. The summed E-state index contributed by atoms with van der Waals surface area (Å²) in [6, 6.07) is 0.712. The lowest BCUT2D eigenvalue weighted by molar-refractivity contribution is -0.141. The van der Waals surface area contributed by atoms with E-state index in [4.69, 9.17) is 0 Å². The van der Waals surface area contributed by atoms with Gasteiger partial charge in [-0.3, -0.25) is 0 Å². The highest BCUT2D eigenvalue weighted by Gasteiger charge is 2.43. The van der Waals surface area contributed by atoms with Gasteiger partial charge in [-0.25, -0.2) is 9.97 Å². The second-order valence-electron chi connectivity index (χ2n) is 5.38. The van der Waals surface area contributed by atoms with E-state index in [1.165, 1.54) is 0 Å². The van der Waals surface area contributed by atoms with Crippen LogP contribution in [0.25, 0.3) is 0 Å². The minimum atomic E-state index is -4.43. The number of halogens is 3. The highest BCUT2D eigenvalue weighted by Crippen LogP contribution is 2.38. The van der Waals surface area contributed by atoms with Gasteiger partial charge in [0.1, 0.15) is 5.82 Å². The molecule has 0 amide bonds. The number of piperidine rings is 1. The third-order valence-electron chi connectivity index (χ3n) is 4.01. The third kappa shape index (κ3) is 2.39. The van der Waals surface area contributed by atoms with Gasteiger partial charge in [0, 0.05) is 18.6 Å². The molecule has 0 aromatic carbocycles. The van der Waals surface area contributed by atoms with Gasteiger partial charge in [-0.15, -0.1) is 0 Å². The second kappa shape index (κ2) is 4.33. The van der Waals surface area contributed by atoms with E-state index in [1.54, 1.807) is 0 Å². The molecule has 2 bridgehead atoms. The first-order valence-corrected chi connectivity index (χ1v) is 6.29. The molecule has 2 aliphatic rings. The van der Waals surface area contributed by atoms with Crippen molar-refractivity contribution in [2.45, 2.75) is 31.1 Å². The summed E-state index contributed by atoms with van der Waals surface area (Å²) in [5.74, 6) is 1.11. The van der Waals surface area contributed by atoms with E-state index in [-0.39, 0.29) is 6.04 Å². The van der Waals surface area contributed by atoms with E-state index < -0.39 is 11.9 Å². The first kappa shape index (κ1) is 12.7. The molecular formula is C12H15F3N4. The molecule has 0 radical (unpaired) electrons. The Kier molecular flexibility index (Phi) is 2.88. The van der Waals surface area contributed by atoms with Gasteiger partial charge < -0.3 is 10.2 Å². The van der Waals surface area contributed by atoms with Gasteiger partial charge in [-0.05, 0) is 25.8 Å². The van der Waals surface area contributed by atoms with Gasteiger partial charge in [-0.1, -0.05) is 0 Å². The maximum absolute atomic E-state index is 12.4. The van der Waals surface area contributed by atoms with Crippen LogP contribution in [-0.4, -0.2) is 40.5 Å². The van der Waals surface area contributed by atoms with Crippen molar-refractivity contribution in [3.8, 4) is 0 Å². The van der Waals surface area contributed by atoms with E-state index in [1.807, 2.05) is 0 Å². The molecule has 1 saturated heterocycles. The molecule has 1 aliphatic heterocycles. The number of hydrogen-bond donors (Lipinski definition) is 1. The number of anilines is 1. The standard InChI is InChI=1S/C12H15F3N4/c1-19-6-7-2-8(9(19)3-7)18-11-5-16-10(4-17-11)12(13,14)15/h4-5,7-9H,2-3,6H2,1H3,(H,17,18). The maximum atomic E-state index is 12.4. The summed E-state index contributed by atoms with van der Waals surface area (Å²) in [6.07, 6.45) is -0.286. The van der Waals surface area contributed by atoms with Crippen LogP contribution in [0.15, 0.2) is 12.4 Å². The SMILES string of the molecule is CN1CC2CC(Nc3cnc(C(F)(F)F)cn3)C1C2. The normalized spacial score (nSPS) is 30.8. The molecule has 3 unspecified atom stereocenters. The van der Waals surface area contributed by atoms with Crippen LogP contribution in [0.3, 0.4) is 0 Å². The van der Waals surface area contributed by atoms with Crippen molar-refractivity contribution in [2.24, 2.45) is 5.92 Å². The van der Waals surface area contributed by atoms with Crippen LogP contribution in [-0.2, 0) is 6.18 Å². The minimum Gasteiger partial charge on any atom is -0.364 e. The van der Waals surface area contributed by atoms with Crippen LogP contribution in [0.4, 0.5) is 19.0 Å². The van der Waals surface area contributed by atoms with Crippen molar-refractivity contribution < 1.29 is 13.2 Å². The number of hydrogen-bond acceptors (Lipinski definition) is 4. The third-order valence-corrected chi connectivity index (χ3v) is 4.01. The zero-order valence-electron chi connectivity index (χ0n) is 10.5. The molecule has 3 rings (SSSR count). The van der Waals surface area contributed by atoms with E-state index in [0.29, 0.717) is 17.8 Å². The largest absolute Gasteiger partial charge is 0.434 e. The van der Waals surface area contributed by atoms with Crippen LogP contribution in [0.1, 0.15) is 18.5 Å². The molecular weight excluding hydrogens is 257 g/mol. The molecule has 4 nitrogen and oxygen atoms in total. The van der Waals surface area contributed by atoms with Crippen LogP contribution in [0.5, 0.6) is 0 Å². The van der Waals surface area contributed by atoms with Crippen LogP contribution >= 0.6 is 0 Å². The Bertz CT molecular complexity index is 459. The topological polar surface area (TPSA) is 41.0 Å². The Morgan fingerprint density at radius 2 is 2.05 bits per heavy atom. The highest BCUT2D eigenvalue weighted by atomic mass is 19.4. The Hall–Kier alpha value is -1.37. The number of fused-ring (bicyclic) bond motifs is 2. The fraction of sp³-hybridized carbons (Fsp3) is 0.667. The number of aromatic nitrogens is 2. The smallest absolute Gasteiger partial charge is 0.364 e. The molecule has 1 aromatic heterocycles. The fourth-order valence-electron chi connectivity index (χ4n) is 3.19. The van der Waals surface area contributed by atoms with Gasteiger partial charge in [0.05, 0.1) is 12.4 Å². The predicted octanol–water partition coefficient (Wildman–Crippen LogP) is 2.00. The van der Waals surface area contributed by atoms with Crippen molar-refractivity contribution in [1.82, 2.24) is 14.9 Å². The summed E-state index contributed by atoms with van der Waals surface area (Å²) < 4.78 is 37.1.